The van der Waals surface area contributed by atoms with Crippen LogP contribution in [-0.4, -0.2) is 37.6 Å². The number of nitro groups is 1. The normalized spacial score (nSPS) is 14.4. The van der Waals surface area contributed by atoms with E-state index in [0.717, 1.165) is 29.4 Å². The zero-order valence-electron chi connectivity index (χ0n) is 18.9. The molecule has 34 heavy (non-hydrogen) atoms. The number of nitrogens with zero attached hydrogens (tertiary/aromatic N) is 5. The molecule has 1 fully saturated rings. The second-order valence-corrected chi connectivity index (χ2v) is 9.21. The number of benzene rings is 2. The van der Waals surface area contributed by atoms with Crippen LogP contribution < -0.4 is 5.43 Å². The minimum absolute atomic E-state index is 0.0303. The van der Waals surface area contributed by atoms with Crippen molar-refractivity contribution in [1.82, 2.24) is 20.2 Å². The Hall–Kier alpha value is -3.53. The lowest BCUT2D eigenvalue weighted by molar-refractivity contribution is -0.384. The Morgan fingerprint density at radius 1 is 1.21 bits per heavy atom. The molecular weight excluding hydrogens is 452 g/mol. The molecule has 0 spiro atoms. The van der Waals surface area contributed by atoms with Crippen molar-refractivity contribution in [2.75, 3.05) is 5.75 Å². The minimum Gasteiger partial charge on any atom is -0.299 e. The van der Waals surface area contributed by atoms with E-state index in [0.29, 0.717) is 11.6 Å². The molecule has 0 unspecified atom stereocenters. The van der Waals surface area contributed by atoms with Crippen LogP contribution >= 0.6 is 11.8 Å². The number of hydrogen-bond acceptors (Lipinski definition) is 7. The molecule has 2 aromatic carbocycles. The van der Waals surface area contributed by atoms with Crippen LogP contribution in [0.25, 0.3) is 11.4 Å². The van der Waals surface area contributed by atoms with E-state index in [1.165, 1.54) is 54.9 Å². The summed E-state index contributed by atoms with van der Waals surface area (Å²) in [5.41, 5.74) is 5.18. The smallest absolute Gasteiger partial charge is 0.270 e. The Kier molecular flexibility index (Phi) is 7.69. The number of nitrogens with one attached hydrogen (secondary N) is 1. The van der Waals surface area contributed by atoms with E-state index in [1.807, 2.05) is 0 Å². The number of aryl methyl sites for hydroxylation is 1. The van der Waals surface area contributed by atoms with E-state index >= 15 is 0 Å². The van der Waals surface area contributed by atoms with Gasteiger partial charge >= 0.3 is 0 Å². The van der Waals surface area contributed by atoms with Crippen LogP contribution in [0.2, 0.25) is 0 Å². The third-order valence-corrected chi connectivity index (χ3v) is 6.67. The summed E-state index contributed by atoms with van der Waals surface area (Å²) in [5.74, 6) is 0.672. The van der Waals surface area contributed by atoms with Crippen LogP contribution in [0.4, 0.5) is 5.69 Å². The molecule has 1 N–H and O–H groups in total. The molecule has 10 heteroatoms. The molecule has 4 rings (SSSR count). The van der Waals surface area contributed by atoms with Crippen molar-refractivity contribution in [1.29, 1.82) is 0 Å². The Labute approximate surface area is 201 Å². The number of carbonyl (C=O) groups excluding carboxylic acids is 1. The molecule has 1 aliphatic carbocycles. The Morgan fingerprint density at radius 3 is 2.71 bits per heavy atom. The van der Waals surface area contributed by atoms with Gasteiger partial charge in [0, 0.05) is 29.3 Å². The van der Waals surface area contributed by atoms with Crippen molar-refractivity contribution in [3.8, 4) is 11.4 Å². The highest BCUT2D eigenvalue weighted by Gasteiger charge is 2.24. The average molecular weight is 479 g/mol. The number of aromatic nitrogens is 3. The predicted octanol–water partition coefficient (Wildman–Crippen LogP) is 4.91. The Balaban J connectivity index is 1.43. The standard InChI is InChI=1S/C24H26N6O3S/c1-17-10-12-19(13-11-17)23-27-28-24(29(23)20-7-3-2-4-8-20)34-16-22(31)26-25-15-18-6-5-9-21(14-18)30(32)33/h5-6,9-15,20H,2-4,7-8,16H2,1H3,(H,26,31). The monoisotopic (exact) mass is 478 g/mol. The second kappa shape index (κ2) is 11.1. The maximum absolute atomic E-state index is 12.4. The van der Waals surface area contributed by atoms with Crippen molar-refractivity contribution >= 4 is 29.6 Å². The van der Waals surface area contributed by atoms with Crippen LogP contribution in [0.1, 0.15) is 49.3 Å². The van der Waals surface area contributed by atoms with E-state index < -0.39 is 4.92 Å². The van der Waals surface area contributed by atoms with Crippen LogP contribution in [-0.2, 0) is 4.79 Å². The van der Waals surface area contributed by atoms with E-state index in [9.17, 15) is 14.9 Å². The first-order chi connectivity index (χ1) is 16.5. The largest absolute Gasteiger partial charge is 0.299 e. The fourth-order valence-corrected chi connectivity index (χ4v) is 4.80. The van der Waals surface area contributed by atoms with Crippen LogP contribution in [0, 0.1) is 17.0 Å². The number of amides is 1. The molecule has 0 aliphatic heterocycles. The summed E-state index contributed by atoms with van der Waals surface area (Å²) >= 11 is 1.33. The summed E-state index contributed by atoms with van der Waals surface area (Å²) in [6.45, 7) is 2.05. The molecule has 1 amide bonds. The summed E-state index contributed by atoms with van der Waals surface area (Å²) in [6, 6.07) is 14.6. The number of nitro benzene ring substituents is 1. The number of hydrogen-bond donors (Lipinski definition) is 1. The molecule has 3 aromatic rings. The van der Waals surface area contributed by atoms with E-state index in [-0.39, 0.29) is 17.3 Å². The molecule has 1 aliphatic rings. The van der Waals surface area contributed by atoms with Crippen LogP contribution in [0.5, 0.6) is 0 Å². The summed E-state index contributed by atoms with van der Waals surface area (Å²) in [5, 5.41) is 24.4. The molecule has 176 valence electrons. The van der Waals surface area contributed by atoms with Gasteiger partial charge in [-0.2, -0.15) is 5.10 Å². The lowest BCUT2D eigenvalue weighted by Crippen LogP contribution is -2.20. The highest BCUT2D eigenvalue weighted by molar-refractivity contribution is 7.99. The third-order valence-electron chi connectivity index (χ3n) is 5.73. The first-order valence-corrected chi connectivity index (χ1v) is 12.2. The number of carbonyl (C=O) groups is 1. The van der Waals surface area contributed by atoms with Gasteiger partial charge in [0.15, 0.2) is 11.0 Å². The molecule has 0 bridgehead atoms. The van der Waals surface area contributed by atoms with Gasteiger partial charge in [0.2, 0.25) is 0 Å². The summed E-state index contributed by atoms with van der Waals surface area (Å²) in [6.07, 6.45) is 7.12. The summed E-state index contributed by atoms with van der Waals surface area (Å²) in [4.78, 5) is 22.8. The third kappa shape index (κ3) is 5.88. The van der Waals surface area contributed by atoms with Crippen LogP contribution in [0.3, 0.4) is 0 Å². The Morgan fingerprint density at radius 2 is 1.97 bits per heavy atom. The number of non-ortho nitro benzene ring substituents is 1. The van der Waals surface area contributed by atoms with Crippen molar-refractivity contribution < 1.29 is 9.72 Å². The van der Waals surface area contributed by atoms with Crippen molar-refractivity contribution in [2.45, 2.75) is 50.2 Å². The Bertz CT molecular complexity index is 1190. The molecule has 0 saturated heterocycles. The first kappa shape index (κ1) is 23.6. The number of hydrazone groups is 1. The topological polar surface area (TPSA) is 115 Å². The first-order valence-electron chi connectivity index (χ1n) is 11.2. The van der Waals surface area contributed by atoms with Crippen molar-refractivity contribution in [3.63, 3.8) is 0 Å². The molecular formula is C24H26N6O3S. The number of rotatable bonds is 8. The average Bonchev–Trinajstić information content (AvgIpc) is 3.28. The van der Waals surface area contributed by atoms with Gasteiger partial charge in [-0.3, -0.25) is 19.5 Å². The van der Waals surface area contributed by atoms with E-state index in [2.05, 4.69) is 56.5 Å². The van der Waals surface area contributed by atoms with Gasteiger partial charge in [0.25, 0.3) is 11.6 Å². The van der Waals surface area contributed by atoms with Gasteiger partial charge in [0.05, 0.1) is 16.9 Å². The highest BCUT2D eigenvalue weighted by atomic mass is 32.2. The maximum Gasteiger partial charge on any atom is 0.270 e. The molecule has 1 aromatic heterocycles. The summed E-state index contributed by atoms with van der Waals surface area (Å²) < 4.78 is 2.19. The SMILES string of the molecule is Cc1ccc(-c2nnc(SCC(=O)NN=Cc3cccc([N+](=O)[O-])c3)n2C2CCCCC2)cc1. The fourth-order valence-electron chi connectivity index (χ4n) is 4.00. The maximum atomic E-state index is 12.4. The van der Waals surface area contributed by atoms with Gasteiger partial charge < -0.3 is 0 Å². The van der Waals surface area contributed by atoms with Gasteiger partial charge in [0.1, 0.15) is 0 Å². The predicted molar refractivity (Wildman–Crippen MR) is 132 cm³/mol. The minimum atomic E-state index is -0.472. The molecule has 0 atom stereocenters. The fraction of sp³-hybridized carbons (Fsp3) is 0.333. The zero-order chi connectivity index (χ0) is 23.9. The van der Waals surface area contributed by atoms with Gasteiger partial charge in [-0.05, 0) is 19.8 Å². The van der Waals surface area contributed by atoms with Gasteiger partial charge in [-0.15, -0.1) is 10.2 Å². The molecule has 1 heterocycles. The lowest BCUT2D eigenvalue weighted by Gasteiger charge is -2.25. The van der Waals surface area contributed by atoms with Crippen molar-refractivity contribution in [2.24, 2.45) is 5.10 Å². The van der Waals surface area contributed by atoms with Crippen molar-refractivity contribution in [3.05, 3.63) is 69.8 Å². The molecule has 0 radical (unpaired) electrons. The van der Waals surface area contributed by atoms with Gasteiger partial charge in [-0.25, -0.2) is 5.43 Å². The second-order valence-electron chi connectivity index (χ2n) is 8.27. The number of thioether (sulfide) groups is 1. The van der Waals surface area contributed by atoms with Crippen LogP contribution in [0.15, 0.2) is 58.8 Å². The summed E-state index contributed by atoms with van der Waals surface area (Å²) in [7, 11) is 0. The van der Waals surface area contributed by atoms with E-state index in [4.69, 9.17) is 0 Å². The van der Waals surface area contributed by atoms with E-state index in [1.54, 1.807) is 12.1 Å². The quantitative estimate of drug-likeness (QED) is 0.213. The highest BCUT2D eigenvalue weighted by Crippen LogP contribution is 2.35. The zero-order valence-corrected chi connectivity index (χ0v) is 19.7. The lowest BCUT2D eigenvalue weighted by atomic mass is 9.95. The van der Waals surface area contributed by atoms with Gasteiger partial charge in [-0.1, -0.05) is 73.0 Å². The molecule has 1 saturated carbocycles. The molecule has 9 nitrogen and oxygen atoms in total.